The lowest BCUT2D eigenvalue weighted by atomic mass is 10.2. The Morgan fingerprint density at radius 2 is 2.05 bits per heavy atom. The van der Waals surface area contributed by atoms with Gasteiger partial charge in [-0.2, -0.15) is 0 Å². The third-order valence-corrected chi connectivity index (χ3v) is 4.66. The molecule has 0 saturated carbocycles. The Morgan fingerprint density at radius 1 is 1.35 bits per heavy atom. The van der Waals surface area contributed by atoms with Gasteiger partial charge in [0, 0.05) is 26.9 Å². The number of methoxy groups -OCH3 is 1. The first-order valence-corrected chi connectivity index (χ1v) is 8.95. The third-order valence-electron chi connectivity index (χ3n) is 2.57. The molecule has 0 N–H and O–H groups in total. The monoisotopic (exact) mass is 427 g/mol. The van der Waals surface area contributed by atoms with Crippen molar-refractivity contribution >= 4 is 42.3 Å². The maximum absolute atomic E-state index is 11.5. The summed E-state index contributed by atoms with van der Waals surface area (Å²) in [5.41, 5.74) is 0.795. The van der Waals surface area contributed by atoms with E-state index in [0.717, 1.165) is 9.13 Å². The number of hydrogen-bond acceptors (Lipinski definition) is 5. The van der Waals surface area contributed by atoms with E-state index in [9.17, 15) is 8.42 Å². The number of halogens is 2. The van der Waals surface area contributed by atoms with Crippen molar-refractivity contribution in [3.63, 3.8) is 0 Å². The molecule has 0 bridgehead atoms. The van der Waals surface area contributed by atoms with Crippen molar-refractivity contribution in [3.8, 4) is 11.4 Å². The van der Waals surface area contributed by atoms with Crippen molar-refractivity contribution in [2.75, 3.05) is 13.7 Å². The highest BCUT2D eigenvalue weighted by molar-refractivity contribution is 14.1. The summed E-state index contributed by atoms with van der Waals surface area (Å²) < 4.78 is 30.5. The number of hydrogen-bond donors (Lipinski definition) is 0. The molecule has 9 heteroatoms. The van der Waals surface area contributed by atoms with Crippen LogP contribution in [-0.4, -0.2) is 36.9 Å². The molecule has 1 heterocycles. The molecule has 0 unspecified atom stereocenters. The highest BCUT2D eigenvalue weighted by Crippen LogP contribution is 2.26. The van der Waals surface area contributed by atoms with Crippen LogP contribution in [0.3, 0.4) is 0 Å². The van der Waals surface area contributed by atoms with Crippen molar-refractivity contribution in [2.24, 2.45) is 0 Å². The van der Waals surface area contributed by atoms with Gasteiger partial charge in [-0.15, -0.1) is 10.2 Å². The predicted molar refractivity (Wildman–Crippen MR) is 83.1 cm³/mol. The molecule has 0 aliphatic heterocycles. The summed E-state index contributed by atoms with van der Waals surface area (Å²) in [6.45, 7) is 0.624. The maximum Gasteiger partial charge on any atom is 0.296 e. The maximum atomic E-state index is 11.5. The number of aromatic nitrogens is 3. The van der Waals surface area contributed by atoms with Crippen LogP contribution in [0.15, 0.2) is 29.4 Å². The van der Waals surface area contributed by atoms with E-state index < -0.39 is 9.05 Å². The summed E-state index contributed by atoms with van der Waals surface area (Å²) in [6, 6.07) is 7.49. The van der Waals surface area contributed by atoms with Gasteiger partial charge in [0.15, 0.2) is 5.82 Å². The third kappa shape index (κ3) is 3.30. The Balaban J connectivity index is 2.60. The van der Waals surface area contributed by atoms with Gasteiger partial charge in [-0.25, -0.2) is 8.42 Å². The summed E-state index contributed by atoms with van der Waals surface area (Å²) in [5.74, 6) is 0.450. The Bertz CT molecular complexity index is 717. The molecule has 0 aliphatic rings. The lowest BCUT2D eigenvalue weighted by molar-refractivity contribution is 0.185. The molecule has 6 nitrogen and oxygen atoms in total. The summed E-state index contributed by atoms with van der Waals surface area (Å²) in [7, 11) is 2.96. The smallest absolute Gasteiger partial charge is 0.296 e. The fraction of sp³-hybridized carbons (Fsp3) is 0.273. The zero-order valence-corrected chi connectivity index (χ0v) is 14.2. The summed E-state index contributed by atoms with van der Waals surface area (Å²) in [5, 5.41) is 7.38. The number of rotatable bonds is 5. The first-order chi connectivity index (χ1) is 9.45. The second-order valence-electron chi connectivity index (χ2n) is 3.87. The van der Waals surface area contributed by atoms with Crippen LogP contribution in [0, 0.1) is 3.57 Å². The van der Waals surface area contributed by atoms with Crippen LogP contribution in [-0.2, 0) is 20.3 Å². The van der Waals surface area contributed by atoms with E-state index >= 15 is 0 Å². The largest absolute Gasteiger partial charge is 0.383 e. The zero-order valence-electron chi connectivity index (χ0n) is 10.5. The minimum atomic E-state index is -3.96. The average Bonchev–Trinajstić information content (AvgIpc) is 2.80. The van der Waals surface area contributed by atoms with E-state index in [1.807, 2.05) is 24.3 Å². The van der Waals surface area contributed by atoms with Crippen LogP contribution in [0.1, 0.15) is 0 Å². The van der Waals surface area contributed by atoms with Gasteiger partial charge >= 0.3 is 0 Å². The van der Waals surface area contributed by atoms with Gasteiger partial charge in [0.25, 0.3) is 14.2 Å². The SMILES string of the molecule is COCCn1c(-c2ccccc2I)nnc1S(=O)(=O)Cl. The van der Waals surface area contributed by atoms with Crippen molar-refractivity contribution in [3.05, 3.63) is 27.8 Å². The molecule has 0 radical (unpaired) electrons. The lowest BCUT2D eigenvalue weighted by Crippen LogP contribution is -2.11. The zero-order chi connectivity index (χ0) is 14.8. The topological polar surface area (TPSA) is 74.1 Å². The van der Waals surface area contributed by atoms with Gasteiger partial charge in [-0.05, 0) is 28.7 Å². The van der Waals surface area contributed by atoms with E-state index in [4.69, 9.17) is 15.4 Å². The number of ether oxygens (including phenoxy) is 1. The molecule has 0 saturated heterocycles. The molecule has 2 aromatic rings. The van der Waals surface area contributed by atoms with Crippen LogP contribution in [0.25, 0.3) is 11.4 Å². The molecule has 0 amide bonds. The fourth-order valence-corrected chi connectivity index (χ4v) is 3.25. The van der Waals surface area contributed by atoms with Crippen LogP contribution >= 0.6 is 33.3 Å². The average molecular weight is 428 g/mol. The quantitative estimate of drug-likeness (QED) is 0.540. The number of benzene rings is 1. The second-order valence-corrected chi connectivity index (χ2v) is 7.49. The molecule has 0 fully saturated rings. The molecule has 1 aromatic carbocycles. The summed E-state index contributed by atoms with van der Waals surface area (Å²) in [6.07, 6.45) is 0. The van der Waals surface area contributed by atoms with E-state index in [1.165, 1.54) is 11.7 Å². The van der Waals surface area contributed by atoms with Gasteiger partial charge in [-0.1, -0.05) is 18.2 Å². The van der Waals surface area contributed by atoms with Crippen LogP contribution < -0.4 is 0 Å². The molecule has 20 heavy (non-hydrogen) atoms. The highest BCUT2D eigenvalue weighted by Gasteiger charge is 2.23. The molecule has 108 valence electrons. The van der Waals surface area contributed by atoms with Crippen molar-refractivity contribution < 1.29 is 13.2 Å². The van der Waals surface area contributed by atoms with E-state index in [2.05, 4.69) is 32.8 Å². The first-order valence-electron chi connectivity index (χ1n) is 5.57. The second kappa shape index (κ2) is 6.37. The summed E-state index contributed by atoms with van der Waals surface area (Å²) >= 11 is 2.15. The Labute approximate surface area is 134 Å². The molecule has 1 aromatic heterocycles. The lowest BCUT2D eigenvalue weighted by Gasteiger charge is -2.09. The standard InChI is InChI=1S/C11H11ClIN3O3S/c1-19-7-6-16-10(8-4-2-3-5-9(8)13)14-15-11(16)20(12,17)18/h2-5H,6-7H2,1H3. The van der Waals surface area contributed by atoms with E-state index in [0.29, 0.717) is 19.0 Å². The van der Waals surface area contributed by atoms with E-state index in [1.54, 1.807) is 0 Å². The molecule has 0 aliphatic carbocycles. The highest BCUT2D eigenvalue weighted by atomic mass is 127. The minimum absolute atomic E-state index is 0.272. The van der Waals surface area contributed by atoms with E-state index in [-0.39, 0.29) is 5.16 Å². The Hall–Kier alpha value is -0.710. The molecule has 0 atom stereocenters. The Morgan fingerprint density at radius 3 is 2.65 bits per heavy atom. The van der Waals surface area contributed by atoms with Crippen molar-refractivity contribution in [2.45, 2.75) is 11.7 Å². The van der Waals surface area contributed by atoms with Gasteiger partial charge in [-0.3, -0.25) is 4.57 Å². The normalized spacial score (nSPS) is 11.8. The van der Waals surface area contributed by atoms with Crippen molar-refractivity contribution in [1.82, 2.24) is 14.8 Å². The van der Waals surface area contributed by atoms with Crippen LogP contribution in [0.5, 0.6) is 0 Å². The van der Waals surface area contributed by atoms with Crippen molar-refractivity contribution in [1.29, 1.82) is 0 Å². The number of nitrogens with zero attached hydrogens (tertiary/aromatic N) is 3. The fourth-order valence-electron chi connectivity index (χ4n) is 1.70. The van der Waals surface area contributed by atoms with Gasteiger partial charge in [0.05, 0.1) is 13.2 Å². The first kappa shape index (κ1) is 15.7. The summed E-state index contributed by atoms with van der Waals surface area (Å²) in [4.78, 5) is 0. The molecule has 0 spiro atoms. The molecule has 2 rings (SSSR count). The minimum Gasteiger partial charge on any atom is -0.383 e. The molecular weight excluding hydrogens is 417 g/mol. The molecular formula is C11H11ClIN3O3S. The van der Waals surface area contributed by atoms with Crippen LogP contribution in [0.2, 0.25) is 0 Å². The van der Waals surface area contributed by atoms with Crippen LogP contribution in [0.4, 0.5) is 0 Å². The van der Waals surface area contributed by atoms with Gasteiger partial charge < -0.3 is 4.74 Å². The van der Waals surface area contributed by atoms with Gasteiger partial charge in [0.2, 0.25) is 0 Å². The Kier molecular flexibility index (Phi) is 4.99. The predicted octanol–water partition coefficient (Wildman–Crippen LogP) is 2.12. The van der Waals surface area contributed by atoms with Gasteiger partial charge in [0.1, 0.15) is 0 Å².